The Labute approximate surface area is 139 Å². The van der Waals surface area contributed by atoms with E-state index in [4.69, 9.17) is 0 Å². The third kappa shape index (κ3) is 3.94. The molecule has 2 heterocycles. The molecule has 1 aliphatic heterocycles. The highest BCUT2D eigenvalue weighted by atomic mass is 16.3. The van der Waals surface area contributed by atoms with Crippen molar-refractivity contribution in [3.05, 3.63) is 17.5 Å². The molecule has 1 saturated heterocycles. The predicted octanol–water partition coefficient (Wildman–Crippen LogP) is 3.14. The summed E-state index contributed by atoms with van der Waals surface area (Å²) < 4.78 is 1.89. The molecule has 130 valence electrons. The number of carbonyl (C=O) groups excluding carboxylic acids is 1. The third-order valence-electron chi connectivity index (χ3n) is 4.55. The van der Waals surface area contributed by atoms with Gasteiger partial charge in [0.25, 0.3) is 5.91 Å². The summed E-state index contributed by atoms with van der Waals surface area (Å²) >= 11 is 0. The Kier molecular flexibility index (Phi) is 5.50. The van der Waals surface area contributed by atoms with Gasteiger partial charge in [-0.3, -0.25) is 9.48 Å². The fraction of sp³-hybridized carbons (Fsp3) is 0.778. The van der Waals surface area contributed by atoms with Crippen molar-refractivity contribution in [3.63, 3.8) is 0 Å². The van der Waals surface area contributed by atoms with Crippen molar-refractivity contribution in [2.45, 2.75) is 77.8 Å². The molecule has 1 aliphatic rings. The number of rotatable bonds is 4. The lowest BCUT2D eigenvalue weighted by molar-refractivity contribution is 0.0572. The maximum atomic E-state index is 13.2. The number of carbonyl (C=O) groups is 1. The highest BCUT2D eigenvalue weighted by Gasteiger charge is 2.33. The van der Waals surface area contributed by atoms with Crippen LogP contribution in [0.2, 0.25) is 0 Å². The van der Waals surface area contributed by atoms with E-state index in [2.05, 4.69) is 39.7 Å². The summed E-state index contributed by atoms with van der Waals surface area (Å²) in [5.41, 5.74) is 1.41. The summed E-state index contributed by atoms with van der Waals surface area (Å²) in [6.07, 6.45) is 5.71. The highest BCUT2D eigenvalue weighted by Crippen LogP contribution is 2.29. The van der Waals surface area contributed by atoms with Gasteiger partial charge in [0.1, 0.15) is 0 Å². The second kappa shape index (κ2) is 7.04. The van der Waals surface area contributed by atoms with Gasteiger partial charge in [-0.2, -0.15) is 5.10 Å². The molecule has 0 saturated carbocycles. The maximum Gasteiger partial charge on any atom is 0.257 e. The predicted molar refractivity (Wildman–Crippen MR) is 91.7 cm³/mol. The summed E-state index contributed by atoms with van der Waals surface area (Å²) in [7, 11) is 0. The number of amides is 1. The lowest BCUT2D eigenvalue weighted by Gasteiger charge is -2.36. The molecule has 23 heavy (non-hydrogen) atoms. The summed E-state index contributed by atoms with van der Waals surface area (Å²) in [5, 5.41) is 14.0. The molecule has 1 atom stereocenters. The van der Waals surface area contributed by atoms with Gasteiger partial charge in [0.2, 0.25) is 0 Å². The van der Waals surface area contributed by atoms with Gasteiger partial charge in [-0.05, 0) is 39.5 Å². The van der Waals surface area contributed by atoms with Gasteiger partial charge < -0.3 is 10.0 Å². The van der Waals surface area contributed by atoms with Gasteiger partial charge in [0.15, 0.2) is 0 Å². The maximum absolute atomic E-state index is 13.2. The monoisotopic (exact) mass is 321 g/mol. The summed E-state index contributed by atoms with van der Waals surface area (Å²) in [6, 6.07) is 0.378. The highest BCUT2D eigenvalue weighted by molar-refractivity contribution is 5.95. The smallest absolute Gasteiger partial charge is 0.257 e. The van der Waals surface area contributed by atoms with Crippen LogP contribution in [0.5, 0.6) is 0 Å². The SMILES string of the molecule is CC(C)n1cc(C(=O)N2CCCCC2CCO)c(C(C)(C)C)n1. The van der Waals surface area contributed by atoms with E-state index in [0.29, 0.717) is 6.42 Å². The van der Waals surface area contributed by atoms with Crippen molar-refractivity contribution in [2.24, 2.45) is 0 Å². The molecule has 5 nitrogen and oxygen atoms in total. The van der Waals surface area contributed by atoms with Crippen molar-refractivity contribution >= 4 is 5.91 Å². The van der Waals surface area contributed by atoms with Crippen molar-refractivity contribution in [1.29, 1.82) is 0 Å². The van der Waals surface area contributed by atoms with Crippen molar-refractivity contribution < 1.29 is 9.90 Å². The van der Waals surface area contributed by atoms with E-state index < -0.39 is 0 Å². The van der Waals surface area contributed by atoms with Crippen LogP contribution in [-0.2, 0) is 5.41 Å². The molecule has 1 aromatic heterocycles. The molecule has 1 fully saturated rings. The van der Waals surface area contributed by atoms with E-state index >= 15 is 0 Å². The van der Waals surface area contributed by atoms with Gasteiger partial charge in [-0.1, -0.05) is 20.8 Å². The molecule has 0 aliphatic carbocycles. The van der Waals surface area contributed by atoms with E-state index in [-0.39, 0.29) is 30.0 Å². The van der Waals surface area contributed by atoms with Crippen molar-refractivity contribution in [3.8, 4) is 0 Å². The molecule has 1 N–H and O–H groups in total. The van der Waals surface area contributed by atoms with E-state index in [1.165, 1.54) is 0 Å². The van der Waals surface area contributed by atoms with Crippen LogP contribution < -0.4 is 0 Å². The molecule has 1 aromatic rings. The standard InChI is InChI=1S/C18H31N3O2/c1-13(2)21-12-15(16(19-21)18(3,4)5)17(23)20-10-7-6-8-14(20)9-11-22/h12-14,22H,6-11H2,1-5H3. The average molecular weight is 321 g/mol. The minimum atomic E-state index is -0.173. The fourth-order valence-electron chi connectivity index (χ4n) is 3.24. The van der Waals surface area contributed by atoms with Gasteiger partial charge >= 0.3 is 0 Å². The molecule has 2 rings (SSSR count). The molecular weight excluding hydrogens is 290 g/mol. The van der Waals surface area contributed by atoms with Crippen LogP contribution >= 0.6 is 0 Å². The first kappa shape index (κ1) is 18.0. The van der Waals surface area contributed by atoms with Crippen LogP contribution in [0.15, 0.2) is 6.20 Å². The molecule has 1 amide bonds. The van der Waals surface area contributed by atoms with Gasteiger partial charge in [-0.25, -0.2) is 0 Å². The lowest BCUT2D eigenvalue weighted by atomic mass is 9.88. The fourth-order valence-corrected chi connectivity index (χ4v) is 3.24. The Hall–Kier alpha value is -1.36. The van der Waals surface area contributed by atoms with E-state index in [1.54, 1.807) is 0 Å². The number of nitrogens with zero attached hydrogens (tertiary/aromatic N) is 3. The molecule has 0 spiro atoms. The van der Waals surface area contributed by atoms with Crippen LogP contribution in [-0.4, -0.2) is 44.9 Å². The number of likely N-dealkylation sites (tertiary alicyclic amines) is 1. The van der Waals surface area contributed by atoms with Crippen LogP contribution in [0.25, 0.3) is 0 Å². The molecular formula is C18H31N3O2. The van der Waals surface area contributed by atoms with Crippen LogP contribution in [0.4, 0.5) is 0 Å². The number of hydrogen-bond acceptors (Lipinski definition) is 3. The molecule has 0 aromatic carbocycles. The van der Waals surface area contributed by atoms with Crippen LogP contribution in [0.3, 0.4) is 0 Å². The number of aliphatic hydroxyl groups excluding tert-OH is 1. The molecule has 1 unspecified atom stereocenters. The number of hydrogen-bond donors (Lipinski definition) is 1. The third-order valence-corrected chi connectivity index (χ3v) is 4.55. The molecule has 0 radical (unpaired) electrons. The first-order valence-corrected chi connectivity index (χ1v) is 8.77. The van der Waals surface area contributed by atoms with Gasteiger partial charge in [0.05, 0.1) is 11.3 Å². The molecule has 0 bridgehead atoms. The lowest BCUT2D eigenvalue weighted by Crippen LogP contribution is -2.44. The summed E-state index contributed by atoms with van der Waals surface area (Å²) in [5.74, 6) is 0.0694. The second-order valence-electron chi connectivity index (χ2n) is 7.88. The zero-order chi connectivity index (χ0) is 17.2. The zero-order valence-electron chi connectivity index (χ0n) is 15.2. The first-order valence-electron chi connectivity index (χ1n) is 8.77. The van der Waals surface area contributed by atoms with E-state index in [9.17, 15) is 9.90 Å². The Morgan fingerprint density at radius 3 is 2.65 bits per heavy atom. The zero-order valence-corrected chi connectivity index (χ0v) is 15.2. The Morgan fingerprint density at radius 2 is 2.09 bits per heavy atom. The summed E-state index contributed by atoms with van der Waals surface area (Å²) in [4.78, 5) is 15.1. The Morgan fingerprint density at radius 1 is 1.39 bits per heavy atom. The minimum Gasteiger partial charge on any atom is -0.396 e. The van der Waals surface area contributed by atoms with Gasteiger partial charge in [-0.15, -0.1) is 0 Å². The second-order valence-corrected chi connectivity index (χ2v) is 7.88. The van der Waals surface area contributed by atoms with Crippen LogP contribution in [0.1, 0.15) is 82.4 Å². The van der Waals surface area contributed by atoms with Gasteiger partial charge in [0, 0.05) is 36.8 Å². The largest absolute Gasteiger partial charge is 0.396 e. The quantitative estimate of drug-likeness (QED) is 0.927. The van der Waals surface area contributed by atoms with E-state index in [0.717, 1.165) is 37.1 Å². The average Bonchev–Trinajstić information content (AvgIpc) is 2.93. The van der Waals surface area contributed by atoms with Crippen molar-refractivity contribution in [2.75, 3.05) is 13.2 Å². The van der Waals surface area contributed by atoms with Crippen LogP contribution in [0, 0.1) is 0 Å². The minimum absolute atomic E-state index is 0.0694. The summed E-state index contributed by atoms with van der Waals surface area (Å²) in [6.45, 7) is 11.3. The molecule has 5 heteroatoms. The normalized spacial score (nSPS) is 19.4. The van der Waals surface area contributed by atoms with Crippen molar-refractivity contribution in [1.82, 2.24) is 14.7 Å². The van der Waals surface area contributed by atoms with E-state index in [1.807, 2.05) is 15.8 Å². The Bertz CT molecular complexity index is 541. The topological polar surface area (TPSA) is 58.4 Å². The number of aliphatic hydroxyl groups is 1. The number of aromatic nitrogens is 2. The first-order chi connectivity index (χ1) is 10.8. The Balaban J connectivity index is 2.37. The number of piperidine rings is 1.